The molecule has 6 nitrogen and oxygen atoms in total. The van der Waals surface area contributed by atoms with Gasteiger partial charge >= 0.3 is 6.18 Å². The highest BCUT2D eigenvalue weighted by Gasteiger charge is 2.30. The van der Waals surface area contributed by atoms with Crippen LogP contribution >= 0.6 is 0 Å². The van der Waals surface area contributed by atoms with Crippen molar-refractivity contribution in [2.75, 3.05) is 39.3 Å². The third-order valence-electron chi connectivity index (χ3n) is 8.59. The van der Waals surface area contributed by atoms with Gasteiger partial charge in [0.15, 0.2) is 0 Å². The number of hydrogen-bond donors (Lipinski definition) is 2. The lowest BCUT2D eigenvalue weighted by molar-refractivity contribution is -0.137. The summed E-state index contributed by atoms with van der Waals surface area (Å²) >= 11 is 0. The molecule has 0 radical (unpaired) electrons. The van der Waals surface area contributed by atoms with Crippen LogP contribution in [-0.4, -0.2) is 62.1 Å². The molecule has 9 heteroatoms. The van der Waals surface area contributed by atoms with Crippen molar-refractivity contribution in [1.29, 1.82) is 0 Å². The predicted octanol–water partition coefficient (Wildman–Crippen LogP) is 6.85. The summed E-state index contributed by atoms with van der Waals surface area (Å²) in [7, 11) is 0. The van der Waals surface area contributed by atoms with E-state index in [1.54, 1.807) is 24.3 Å². The number of benzene rings is 3. The number of amides is 2. The fourth-order valence-corrected chi connectivity index (χ4v) is 6.05. The third-order valence-corrected chi connectivity index (χ3v) is 8.59. The first-order chi connectivity index (χ1) is 22.2. The summed E-state index contributed by atoms with van der Waals surface area (Å²) in [5.41, 5.74) is 4.95. The van der Waals surface area contributed by atoms with Crippen LogP contribution in [0.1, 0.15) is 72.1 Å². The molecule has 0 aromatic heterocycles. The molecule has 2 N–H and O–H groups in total. The van der Waals surface area contributed by atoms with Crippen LogP contribution in [0.25, 0.3) is 11.1 Å². The van der Waals surface area contributed by atoms with Crippen LogP contribution in [0, 0.1) is 0 Å². The smallest absolute Gasteiger partial charge is 0.374 e. The number of unbranched alkanes of at least 4 members (excludes halogenated alkanes) is 1. The number of aryl methyl sites for hydroxylation is 2. The number of hydrogen-bond acceptors (Lipinski definition) is 4. The Bertz CT molecular complexity index is 1400. The van der Waals surface area contributed by atoms with E-state index < -0.39 is 11.7 Å². The van der Waals surface area contributed by atoms with Gasteiger partial charge in [0, 0.05) is 38.2 Å². The molecule has 1 atom stereocenters. The average Bonchev–Trinajstić information content (AvgIpc) is 3.07. The zero-order valence-electron chi connectivity index (χ0n) is 26.9. The zero-order valence-corrected chi connectivity index (χ0v) is 26.9. The van der Waals surface area contributed by atoms with Gasteiger partial charge in [0.2, 0.25) is 5.91 Å². The van der Waals surface area contributed by atoms with Gasteiger partial charge in [-0.1, -0.05) is 62.4 Å². The van der Waals surface area contributed by atoms with Crippen LogP contribution in [0.3, 0.4) is 0 Å². The van der Waals surface area contributed by atoms with Crippen LogP contribution in [0.5, 0.6) is 0 Å². The number of morpholine rings is 1. The van der Waals surface area contributed by atoms with Gasteiger partial charge in [-0.15, -0.1) is 0 Å². The summed E-state index contributed by atoms with van der Waals surface area (Å²) in [6, 6.07) is 18.2. The fraction of sp³-hybridized carbons (Fsp3) is 0.459. The molecule has 2 amide bonds. The summed E-state index contributed by atoms with van der Waals surface area (Å²) in [4.78, 5) is 27.8. The Balaban J connectivity index is 1.15. The highest BCUT2D eigenvalue weighted by atomic mass is 19.4. The first-order valence-electron chi connectivity index (χ1n) is 16.4. The minimum Gasteiger partial charge on any atom is -0.374 e. The maximum absolute atomic E-state index is 13.1. The van der Waals surface area contributed by atoms with Gasteiger partial charge < -0.3 is 15.4 Å². The van der Waals surface area contributed by atoms with Gasteiger partial charge in [0.05, 0.1) is 18.3 Å². The standard InChI is InChI=1S/C37H46F3N3O3/c1-3-27-11-9-12-28(4-2)32(27)15-10-16-35(44)41-21-7-8-22-43-23-24-46-31(26-43)25-42-36(45)34-14-6-5-13-33(34)29-17-19-30(20-18-29)37(38,39)40/h5-6,9,11-14,17-20,31H,3-4,7-8,10,15-16,21-26H2,1-2H3,(H,41,44)(H,42,45). The monoisotopic (exact) mass is 637 g/mol. The lowest BCUT2D eigenvalue weighted by Crippen LogP contribution is -2.47. The molecular weight excluding hydrogens is 591 g/mol. The van der Waals surface area contributed by atoms with Crippen LogP contribution in [0.2, 0.25) is 0 Å². The van der Waals surface area contributed by atoms with Gasteiger partial charge in [-0.2, -0.15) is 13.2 Å². The maximum Gasteiger partial charge on any atom is 0.416 e. The third kappa shape index (κ3) is 10.2. The highest BCUT2D eigenvalue weighted by molar-refractivity contribution is 6.00. The van der Waals surface area contributed by atoms with Crippen molar-refractivity contribution >= 4 is 11.8 Å². The molecule has 248 valence electrons. The number of halogens is 3. The van der Waals surface area contributed by atoms with E-state index in [-0.39, 0.29) is 17.9 Å². The van der Waals surface area contributed by atoms with Crippen LogP contribution in [-0.2, 0) is 35.0 Å². The molecule has 0 bridgehead atoms. The van der Waals surface area contributed by atoms with Crippen molar-refractivity contribution in [3.05, 3.63) is 94.5 Å². The van der Waals surface area contributed by atoms with Crippen LogP contribution in [0.4, 0.5) is 13.2 Å². The molecule has 0 spiro atoms. The Labute approximate surface area is 270 Å². The Morgan fingerprint density at radius 1 is 0.891 bits per heavy atom. The molecule has 1 unspecified atom stereocenters. The SMILES string of the molecule is CCc1cccc(CC)c1CCCC(=O)NCCCCN1CCOC(CNC(=O)c2ccccc2-c2ccc(C(F)(F)F)cc2)C1. The normalized spacial score (nSPS) is 15.5. The summed E-state index contributed by atoms with van der Waals surface area (Å²) in [5, 5.41) is 6.01. The quantitative estimate of drug-likeness (QED) is 0.179. The molecule has 0 aliphatic carbocycles. The second-order valence-electron chi connectivity index (χ2n) is 11.8. The molecule has 0 saturated carbocycles. The zero-order chi connectivity index (χ0) is 32.9. The molecule has 3 aromatic rings. The minimum atomic E-state index is -4.42. The summed E-state index contributed by atoms with van der Waals surface area (Å²) in [6.07, 6.45) is 1.60. The van der Waals surface area contributed by atoms with Gasteiger partial charge in [-0.25, -0.2) is 0 Å². The first-order valence-corrected chi connectivity index (χ1v) is 16.4. The Kier molecular flexibility index (Phi) is 13.2. The number of carbonyl (C=O) groups is 2. The minimum absolute atomic E-state index is 0.106. The summed E-state index contributed by atoms with van der Waals surface area (Å²) < 4.78 is 44.9. The largest absolute Gasteiger partial charge is 0.416 e. The van der Waals surface area contributed by atoms with E-state index in [0.29, 0.717) is 49.4 Å². The van der Waals surface area contributed by atoms with Gasteiger partial charge in [0.1, 0.15) is 0 Å². The molecule has 1 aliphatic heterocycles. The van der Waals surface area contributed by atoms with Crippen molar-refractivity contribution in [2.24, 2.45) is 0 Å². The molecule has 4 rings (SSSR count). The number of nitrogens with zero attached hydrogens (tertiary/aromatic N) is 1. The van der Waals surface area contributed by atoms with Crippen LogP contribution < -0.4 is 10.6 Å². The molecule has 3 aromatic carbocycles. The van der Waals surface area contributed by atoms with Crippen molar-refractivity contribution in [2.45, 2.75) is 71.1 Å². The van der Waals surface area contributed by atoms with E-state index in [2.05, 4.69) is 47.6 Å². The van der Waals surface area contributed by atoms with Crippen molar-refractivity contribution in [3.8, 4) is 11.1 Å². The fourth-order valence-electron chi connectivity index (χ4n) is 6.05. The topological polar surface area (TPSA) is 70.7 Å². The molecule has 1 aliphatic rings. The molecular formula is C37H46F3N3O3. The molecule has 1 heterocycles. The van der Waals surface area contributed by atoms with Crippen LogP contribution in [0.15, 0.2) is 66.7 Å². The average molecular weight is 638 g/mol. The Morgan fingerprint density at radius 3 is 2.30 bits per heavy atom. The maximum atomic E-state index is 13.1. The number of alkyl halides is 3. The second-order valence-corrected chi connectivity index (χ2v) is 11.8. The Morgan fingerprint density at radius 2 is 1.61 bits per heavy atom. The molecule has 46 heavy (non-hydrogen) atoms. The van der Waals surface area contributed by atoms with E-state index in [9.17, 15) is 22.8 Å². The van der Waals surface area contributed by atoms with E-state index in [4.69, 9.17) is 4.74 Å². The van der Waals surface area contributed by atoms with E-state index in [1.807, 2.05) is 0 Å². The second kappa shape index (κ2) is 17.3. The van der Waals surface area contributed by atoms with Crippen molar-refractivity contribution < 1.29 is 27.5 Å². The molecule has 1 fully saturated rings. The summed E-state index contributed by atoms with van der Waals surface area (Å²) in [5.74, 6) is -0.193. The van der Waals surface area contributed by atoms with E-state index in [0.717, 1.165) is 63.7 Å². The van der Waals surface area contributed by atoms with Crippen molar-refractivity contribution in [1.82, 2.24) is 15.5 Å². The lowest BCUT2D eigenvalue weighted by atomic mass is 9.93. The molecule has 1 saturated heterocycles. The van der Waals surface area contributed by atoms with E-state index in [1.165, 1.54) is 28.8 Å². The van der Waals surface area contributed by atoms with E-state index >= 15 is 0 Å². The van der Waals surface area contributed by atoms with Crippen molar-refractivity contribution in [3.63, 3.8) is 0 Å². The lowest BCUT2D eigenvalue weighted by Gasteiger charge is -2.33. The first kappa shape index (κ1) is 35.2. The van der Waals surface area contributed by atoms with Gasteiger partial charge in [-0.05, 0) is 91.1 Å². The van der Waals surface area contributed by atoms with Gasteiger partial charge in [-0.3, -0.25) is 14.5 Å². The number of nitrogens with one attached hydrogen (secondary N) is 2. The Hall–Kier alpha value is -3.69. The highest BCUT2D eigenvalue weighted by Crippen LogP contribution is 2.32. The number of rotatable bonds is 15. The number of ether oxygens (including phenoxy) is 1. The predicted molar refractivity (Wildman–Crippen MR) is 176 cm³/mol. The summed E-state index contributed by atoms with van der Waals surface area (Å²) in [6.45, 7) is 8.30. The van der Waals surface area contributed by atoms with Gasteiger partial charge in [0.25, 0.3) is 5.91 Å². The number of carbonyl (C=O) groups excluding carboxylic acids is 2.